The molecular formula is C21H16F2N8O. The summed E-state index contributed by atoms with van der Waals surface area (Å²) in [6, 6.07) is 10.5. The number of nitrogens with zero attached hydrogens (tertiary/aromatic N) is 5. The van der Waals surface area contributed by atoms with Gasteiger partial charge in [0.15, 0.2) is 5.82 Å². The van der Waals surface area contributed by atoms with Crippen molar-refractivity contribution in [2.24, 2.45) is 0 Å². The Morgan fingerprint density at radius 1 is 1.09 bits per heavy atom. The average Bonchev–Trinajstić information content (AvgIpc) is 2.72. The van der Waals surface area contributed by atoms with Gasteiger partial charge in [0.05, 0.1) is 22.6 Å². The van der Waals surface area contributed by atoms with E-state index in [1.165, 1.54) is 0 Å². The molecule has 0 radical (unpaired) electrons. The molecule has 5 N–H and O–H groups in total. The third-order valence-electron chi connectivity index (χ3n) is 4.71. The SMILES string of the molecule is C[C@H](Nc1nc(N)nc(N)c1C#N)c1nc2ccccc2c(=O)n1-c1cc(F)cc(F)c1. The molecule has 9 nitrogen and oxygen atoms in total. The number of halogens is 2. The minimum atomic E-state index is -0.852. The first kappa shape index (κ1) is 20.7. The summed E-state index contributed by atoms with van der Waals surface area (Å²) in [5, 5.41) is 12.6. The van der Waals surface area contributed by atoms with Gasteiger partial charge in [0.25, 0.3) is 5.56 Å². The van der Waals surface area contributed by atoms with Crippen LogP contribution in [-0.4, -0.2) is 19.5 Å². The molecule has 2 aromatic heterocycles. The van der Waals surface area contributed by atoms with E-state index in [-0.39, 0.29) is 40.0 Å². The minimum absolute atomic E-state index is 0.0318. The first-order valence-corrected chi connectivity index (χ1v) is 9.36. The fraction of sp³-hybridized carbons (Fsp3) is 0.0952. The lowest BCUT2D eigenvalue weighted by Crippen LogP contribution is -2.28. The summed E-state index contributed by atoms with van der Waals surface area (Å²) in [4.78, 5) is 25.6. The van der Waals surface area contributed by atoms with Crippen LogP contribution in [-0.2, 0) is 0 Å². The molecule has 0 bridgehead atoms. The molecule has 160 valence electrons. The van der Waals surface area contributed by atoms with Gasteiger partial charge in [-0.1, -0.05) is 12.1 Å². The lowest BCUT2D eigenvalue weighted by Gasteiger charge is -2.21. The molecule has 4 aromatic rings. The molecule has 0 aliphatic carbocycles. The Morgan fingerprint density at radius 3 is 2.47 bits per heavy atom. The normalized spacial score (nSPS) is 11.8. The monoisotopic (exact) mass is 434 g/mol. The second-order valence-corrected chi connectivity index (χ2v) is 6.92. The summed E-state index contributed by atoms with van der Waals surface area (Å²) in [7, 11) is 0. The molecule has 0 amide bonds. The maximum absolute atomic E-state index is 14.0. The summed E-state index contributed by atoms with van der Waals surface area (Å²) < 4.78 is 29.0. The number of anilines is 3. The number of hydrogen-bond donors (Lipinski definition) is 3. The van der Waals surface area contributed by atoms with Crippen LogP contribution in [0.3, 0.4) is 0 Å². The zero-order valence-electron chi connectivity index (χ0n) is 16.7. The van der Waals surface area contributed by atoms with Crippen molar-refractivity contribution in [3.8, 4) is 11.8 Å². The smallest absolute Gasteiger partial charge is 0.266 e. The van der Waals surface area contributed by atoms with E-state index in [9.17, 15) is 18.8 Å². The van der Waals surface area contributed by atoms with Crippen molar-refractivity contribution in [3.63, 3.8) is 0 Å². The van der Waals surface area contributed by atoms with Gasteiger partial charge in [-0.3, -0.25) is 9.36 Å². The summed E-state index contributed by atoms with van der Waals surface area (Å²) >= 11 is 0. The third kappa shape index (κ3) is 3.65. The van der Waals surface area contributed by atoms with Crippen LogP contribution in [0.15, 0.2) is 47.3 Å². The van der Waals surface area contributed by atoms with E-state index < -0.39 is 23.2 Å². The highest BCUT2D eigenvalue weighted by Crippen LogP contribution is 2.25. The van der Waals surface area contributed by atoms with E-state index in [1.54, 1.807) is 31.2 Å². The van der Waals surface area contributed by atoms with E-state index in [0.29, 0.717) is 11.6 Å². The Bertz CT molecular complexity index is 1440. The lowest BCUT2D eigenvalue weighted by atomic mass is 10.2. The Labute approximate surface area is 180 Å². The molecule has 11 heteroatoms. The van der Waals surface area contributed by atoms with Gasteiger partial charge in [-0.2, -0.15) is 15.2 Å². The number of aromatic nitrogens is 4. The molecule has 0 fully saturated rings. The Hall–Kier alpha value is -4.59. The summed E-state index contributed by atoms with van der Waals surface area (Å²) in [6.45, 7) is 1.64. The van der Waals surface area contributed by atoms with Crippen molar-refractivity contribution in [2.45, 2.75) is 13.0 Å². The van der Waals surface area contributed by atoms with Crippen LogP contribution in [0.5, 0.6) is 0 Å². The van der Waals surface area contributed by atoms with Crippen LogP contribution in [0.1, 0.15) is 24.4 Å². The molecule has 1 atom stereocenters. The standard InChI is InChI=1S/C21H16F2N8O/c1-10(27-18-15(9-24)17(25)29-21(26)30-18)19-28-16-5-3-2-4-14(16)20(32)31(19)13-7-11(22)6-12(23)8-13/h2-8,10H,1H3,(H5,25,26,27,29,30)/t10-/m0/s1. The van der Waals surface area contributed by atoms with Crippen molar-refractivity contribution in [1.29, 1.82) is 5.26 Å². The highest BCUT2D eigenvalue weighted by Gasteiger charge is 2.21. The van der Waals surface area contributed by atoms with Gasteiger partial charge in [-0.25, -0.2) is 13.8 Å². The van der Waals surface area contributed by atoms with Gasteiger partial charge < -0.3 is 16.8 Å². The maximum Gasteiger partial charge on any atom is 0.266 e. The Kier molecular flexibility index (Phi) is 5.11. The van der Waals surface area contributed by atoms with Gasteiger partial charge in [-0.15, -0.1) is 0 Å². The number of nitrogen functional groups attached to an aromatic ring is 2. The van der Waals surface area contributed by atoms with E-state index >= 15 is 0 Å². The van der Waals surface area contributed by atoms with Gasteiger partial charge >= 0.3 is 0 Å². The maximum atomic E-state index is 14.0. The van der Waals surface area contributed by atoms with Crippen molar-refractivity contribution in [2.75, 3.05) is 16.8 Å². The number of para-hydroxylation sites is 1. The van der Waals surface area contributed by atoms with Crippen LogP contribution in [0.25, 0.3) is 16.6 Å². The molecule has 32 heavy (non-hydrogen) atoms. The van der Waals surface area contributed by atoms with E-state index in [4.69, 9.17) is 11.5 Å². The summed E-state index contributed by atoms with van der Waals surface area (Å²) in [5.41, 5.74) is 11.2. The molecule has 0 aliphatic heterocycles. The number of rotatable bonds is 4. The van der Waals surface area contributed by atoms with Gasteiger partial charge in [0.2, 0.25) is 5.95 Å². The van der Waals surface area contributed by atoms with E-state index in [1.807, 2.05) is 6.07 Å². The van der Waals surface area contributed by atoms with Crippen LogP contribution >= 0.6 is 0 Å². The zero-order chi connectivity index (χ0) is 23.0. The average molecular weight is 434 g/mol. The quantitative estimate of drug-likeness (QED) is 0.444. The van der Waals surface area contributed by atoms with Crippen molar-refractivity contribution >= 4 is 28.5 Å². The largest absolute Gasteiger partial charge is 0.382 e. The second kappa shape index (κ2) is 7.92. The minimum Gasteiger partial charge on any atom is -0.382 e. The van der Waals surface area contributed by atoms with Crippen LogP contribution < -0.4 is 22.3 Å². The number of benzene rings is 2. The first-order valence-electron chi connectivity index (χ1n) is 9.36. The van der Waals surface area contributed by atoms with Crippen LogP contribution in [0.2, 0.25) is 0 Å². The summed E-state index contributed by atoms with van der Waals surface area (Å²) in [6.07, 6.45) is 0. The van der Waals surface area contributed by atoms with Crippen molar-refractivity contribution in [1.82, 2.24) is 19.5 Å². The Balaban J connectivity index is 1.94. The van der Waals surface area contributed by atoms with E-state index in [0.717, 1.165) is 16.7 Å². The third-order valence-corrected chi connectivity index (χ3v) is 4.71. The zero-order valence-corrected chi connectivity index (χ0v) is 16.7. The fourth-order valence-electron chi connectivity index (χ4n) is 3.34. The molecule has 0 aliphatic rings. The van der Waals surface area contributed by atoms with Gasteiger partial charge in [-0.05, 0) is 31.2 Å². The van der Waals surface area contributed by atoms with Gasteiger partial charge in [0.1, 0.15) is 34.9 Å². The Morgan fingerprint density at radius 2 is 1.78 bits per heavy atom. The van der Waals surface area contributed by atoms with Crippen molar-refractivity contribution < 1.29 is 8.78 Å². The fourth-order valence-corrected chi connectivity index (χ4v) is 3.34. The molecule has 0 saturated heterocycles. The molecule has 0 spiro atoms. The number of nitriles is 1. The number of fused-ring (bicyclic) bond motifs is 1. The van der Waals surface area contributed by atoms with Crippen molar-refractivity contribution in [3.05, 3.63) is 75.8 Å². The van der Waals surface area contributed by atoms with Crippen LogP contribution in [0.4, 0.5) is 26.4 Å². The molecule has 2 aromatic carbocycles. The molecular weight excluding hydrogens is 418 g/mol. The highest BCUT2D eigenvalue weighted by molar-refractivity contribution is 5.78. The van der Waals surface area contributed by atoms with Crippen LogP contribution in [0, 0.1) is 23.0 Å². The molecule has 2 heterocycles. The predicted octanol–water partition coefficient (Wildman–Crippen LogP) is 2.66. The number of nitrogens with two attached hydrogens (primary N) is 2. The summed E-state index contributed by atoms with van der Waals surface area (Å²) in [5.74, 6) is -1.83. The topological polar surface area (TPSA) is 149 Å². The van der Waals surface area contributed by atoms with Gasteiger partial charge in [0, 0.05) is 6.07 Å². The molecule has 0 unspecified atom stereocenters. The first-order chi connectivity index (χ1) is 15.3. The number of nitrogens with one attached hydrogen (secondary N) is 1. The highest BCUT2D eigenvalue weighted by atomic mass is 19.1. The predicted molar refractivity (Wildman–Crippen MR) is 115 cm³/mol. The second-order valence-electron chi connectivity index (χ2n) is 6.92. The lowest BCUT2D eigenvalue weighted by molar-refractivity contribution is 0.579. The number of hydrogen-bond acceptors (Lipinski definition) is 8. The van der Waals surface area contributed by atoms with E-state index in [2.05, 4.69) is 20.3 Å². The molecule has 4 rings (SSSR count). The molecule has 0 saturated carbocycles.